The van der Waals surface area contributed by atoms with Crippen LogP contribution < -0.4 is 9.64 Å². The third-order valence-electron chi connectivity index (χ3n) is 9.08. The third kappa shape index (κ3) is 3.32. The Morgan fingerprint density at radius 3 is 2.34 bits per heavy atom. The van der Waals surface area contributed by atoms with Gasteiger partial charge in [0.1, 0.15) is 12.4 Å². The van der Waals surface area contributed by atoms with E-state index in [1.54, 1.807) is 36.4 Å². The zero-order chi connectivity index (χ0) is 26.8. The van der Waals surface area contributed by atoms with Crippen LogP contribution in [0.5, 0.6) is 5.75 Å². The molecule has 4 aliphatic rings. The highest BCUT2D eigenvalue weighted by molar-refractivity contribution is 6.24. The number of imide groups is 2. The van der Waals surface area contributed by atoms with Gasteiger partial charge in [-0.05, 0) is 55.5 Å². The predicted octanol–water partition coefficient (Wildman–Crippen LogP) is 2.92. The summed E-state index contributed by atoms with van der Waals surface area (Å²) in [6, 6.07) is 16.3. The number of hydrogen-bond donors (Lipinski definition) is 1. The zero-order valence-electron chi connectivity index (χ0n) is 21.4. The largest absolute Gasteiger partial charge is 0.491 e. The van der Waals surface area contributed by atoms with Gasteiger partial charge < -0.3 is 9.84 Å². The molecule has 2 aromatic rings. The number of likely N-dealkylation sites (tertiary alicyclic amines) is 1. The fourth-order valence-corrected chi connectivity index (χ4v) is 7.30. The number of ether oxygens (including phenoxy) is 1. The normalized spacial score (nSPS) is 32.2. The molecule has 2 aliphatic carbocycles. The molecule has 2 heterocycles. The molecule has 2 saturated heterocycles. The fraction of sp³-hybridized carbons (Fsp3) is 0.400. The summed E-state index contributed by atoms with van der Waals surface area (Å²) in [4.78, 5) is 56.9. The third-order valence-corrected chi connectivity index (χ3v) is 9.08. The van der Waals surface area contributed by atoms with Gasteiger partial charge in [0.05, 0.1) is 35.5 Å². The molecule has 3 fully saturated rings. The van der Waals surface area contributed by atoms with E-state index in [-0.39, 0.29) is 42.8 Å². The van der Waals surface area contributed by atoms with Crippen molar-refractivity contribution in [2.75, 3.05) is 25.2 Å². The molecule has 6 atom stereocenters. The first-order valence-corrected chi connectivity index (χ1v) is 13.1. The topological polar surface area (TPSA) is 104 Å². The smallest absolute Gasteiger partial charge is 0.241 e. The number of amides is 4. The second-order valence-electron chi connectivity index (χ2n) is 10.9. The number of para-hydroxylation sites is 1. The maximum Gasteiger partial charge on any atom is 0.241 e. The van der Waals surface area contributed by atoms with Crippen molar-refractivity contribution >= 4 is 29.3 Å². The Morgan fingerprint density at radius 1 is 0.947 bits per heavy atom. The van der Waals surface area contributed by atoms with Crippen molar-refractivity contribution in [2.24, 2.45) is 29.1 Å². The average Bonchev–Trinajstić information content (AvgIpc) is 3.27. The van der Waals surface area contributed by atoms with Crippen molar-refractivity contribution in [1.82, 2.24) is 4.90 Å². The number of hydrogen-bond acceptors (Lipinski definition) is 6. The summed E-state index contributed by atoms with van der Waals surface area (Å²) >= 11 is 0. The van der Waals surface area contributed by atoms with E-state index in [2.05, 4.69) is 0 Å². The molecule has 196 valence electrons. The van der Waals surface area contributed by atoms with Gasteiger partial charge in [0.25, 0.3) is 0 Å². The predicted molar refractivity (Wildman–Crippen MR) is 138 cm³/mol. The molecule has 0 aromatic heterocycles. The van der Waals surface area contributed by atoms with Crippen LogP contribution in [0.2, 0.25) is 0 Å². The van der Waals surface area contributed by atoms with Crippen molar-refractivity contribution in [3.05, 3.63) is 71.8 Å². The van der Waals surface area contributed by atoms with E-state index < -0.39 is 29.1 Å². The Labute approximate surface area is 220 Å². The van der Waals surface area contributed by atoms with Gasteiger partial charge in [0.15, 0.2) is 0 Å². The minimum absolute atomic E-state index is 0.103. The summed E-state index contributed by atoms with van der Waals surface area (Å²) in [5, 5.41) is 9.10. The number of carbonyl (C=O) groups is 4. The van der Waals surface area contributed by atoms with Gasteiger partial charge in [0.2, 0.25) is 23.6 Å². The maximum absolute atomic E-state index is 14.2. The Balaban J connectivity index is 1.49. The molecule has 4 amide bonds. The van der Waals surface area contributed by atoms with E-state index in [1.807, 2.05) is 31.2 Å². The van der Waals surface area contributed by atoms with Crippen LogP contribution >= 0.6 is 0 Å². The minimum atomic E-state index is -1.06. The number of rotatable bonds is 5. The average molecular weight is 515 g/mol. The van der Waals surface area contributed by atoms with Crippen molar-refractivity contribution in [2.45, 2.75) is 25.7 Å². The number of fused-ring (bicyclic) bond motifs is 4. The Hall–Kier alpha value is -3.78. The van der Waals surface area contributed by atoms with Crippen LogP contribution in [-0.2, 0) is 19.2 Å². The van der Waals surface area contributed by atoms with Crippen LogP contribution in [0, 0.1) is 29.1 Å². The van der Waals surface area contributed by atoms with Crippen molar-refractivity contribution < 1.29 is 29.0 Å². The molecule has 1 N–H and O–H groups in total. The summed E-state index contributed by atoms with van der Waals surface area (Å²) in [5.74, 6) is -2.66. The van der Waals surface area contributed by atoms with E-state index >= 15 is 0 Å². The van der Waals surface area contributed by atoms with Gasteiger partial charge in [-0.2, -0.15) is 0 Å². The van der Waals surface area contributed by atoms with Crippen LogP contribution in [0.3, 0.4) is 0 Å². The molecule has 2 aliphatic heterocycles. The lowest BCUT2D eigenvalue weighted by molar-refractivity contribution is -0.138. The summed E-state index contributed by atoms with van der Waals surface area (Å²) in [6.45, 7) is 1.94. The minimum Gasteiger partial charge on any atom is -0.491 e. The first kappa shape index (κ1) is 24.6. The fourth-order valence-electron chi connectivity index (χ4n) is 7.30. The molecule has 0 bridgehead atoms. The van der Waals surface area contributed by atoms with Gasteiger partial charge >= 0.3 is 0 Å². The Kier molecular flexibility index (Phi) is 5.76. The number of anilines is 1. The van der Waals surface area contributed by atoms with Gasteiger partial charge in [-0.25, -0.2) is 4.90 Å². The SMILES string of the molecule is CN1C(=O)C2CC=C3C(CC4C(=O)N(c5ccccc5)C(=O)C4(C)C3c3ccc(OCCO)cc3)C2C1=O. The molecule has 8 heteroatoms. The number of aliphatic hydroxyl groups excluding tert-OH is 1. The van der Waals surface area contributed by atoms with E-state index in [0.717, 1.165) is 11.1 Å². The number of benzene rings is 2. The quantitative estimate of drug-likeness (QED) is 0.486. The van der Waals surface area contributed by atoms with Gasteiger partial charge in [-0.3, -0.25) is 24.1 Å². The molecular weight excluding hydrogens is 484 g/mol. The highest BCUT2D eigenvalue weighted by atomic mass is 16.5. The lowest BCUT2D eigenvalue weighted by Gasteiger charge is -2.49. The Morgan fingerprint density at radius 2 is 1.66 bits per heavy atom. The van der Waals surface area contributed by atoms with E-state index in [9.17, 15) is 19.2 Å². The van der Waals surface area contributed by atoms with Crippen molar-refractivity contribution in [1.29, 1.82) is 0 Å². The Bertz CT molecular complexity index is 1350. The van der Waals surface area contributed by atoms with Gasteiger partial charge in [-0.1, -0.05) is 42.0 Å². The number of carbonyl (C=O) groups excluding carboxylic acids is 4. The second-order valence-corrected chi connectivity index (χ2v) is 10.9. The number of allylic oxidation sites excluding steroid dienone is 2. The first-order chi connectivity index (χ1) is 18.3. The second kappa shape index (κ2) is 8.91. The van der Waals surface area contributed by atoms with Crippen LogP contribution in [-0.4, -0.2) is 53.9 Å². The summed E-state index contributed by atoms with van der Waals surface area (Å²) in [6.07, 6.45) is 2.82. The molecular formula is C30H30N2O6. The van der Waals surface area contributed by atoms with E-state index in [1.165, 1.54) is 16.8 Å². The van der Waals surface area contributed by atoms with Crippen molar-refractivity contribution in [3.63, 3.8) is 0 Å². The molecule has 38 heavy (non-hydrogen) atoms. The van der Waals surface area contributed by atoms with Gasteiger partial charge in [0, 0.05) is 13.0 Å². The van der Waals surface area contributed by atoms with Gasteiger partial charge in [-0.15, -0.1) is 0 Å². The first-order valence-electron chi connectivity index (χ1n) is 13.1. The molecule has 2 aromatic carbocycles. The van der Waals surface area contributed by atoms with Crippen LogP contribution in [0.4, 0.5) is 5.69 Å². The molecule has 0 spiro atoms. The van der Waals surface area contributed by atoms with Crippen molar-refractivity contribution in [3.8, 4) is 5.75 Å². The van der Waals surface area contributed by atoms with E-state index in [4.69, 9.17) is 9.84 Å². The monoisotopic (exact) mass is 514 g/mol. The van der Waals surface area contributed by atoms with Crippen LogP contribution in [0.1, 0.15) is 31.2 Å². The summed E-state index contributed by atoms with van der Waals surface area (Å²) < 4.78 is 5.54. The number of nitrogens with zero attached hydrogens (tertiary/aromatic N) is 2. The molecule has 8 nitrogen and oxygen atoms in total. The summed E-state index contributed by atoms with van der Waals surface area (Å²) in [7, 11) is 1.53. The zero-order valence-corrected chi connectivity index (χ0v) is 21.4. The maximum atomic E-state index is 14.2. The molecule has 0 radical (unpaired) electrons. The van der Waals surface area contributed by atoms with Crippen LogP contribution in [0.15, 0.2) is 66.2 Å². The molecule has 6 unspecified atom stereocenters. The lowest BCUT2D eigenvalue weighted by Crippen LogP contribution is -2.48. The molecule has 6 rings (SSSR count). The number of aliphatic hydroxyl groups is 1. The highest BCUT2D eigenvalue weighted by Crippen LogP contribution is 2.63. The van der Waals surface area contributed by atoms with Crippen LogP contribution in [0.25, 0.3) is 0 Å². The highest BCUT2D eigenvalue weighted by Gasteiger charge is 2.67. The summed E-state index contributed by atoms with van der Waals surface area (Å²) in [5.41, 5.74) is 1.28. The molecule has 1 saturated carbocycles. The van der Waals surface area contributed by atoms with E-state index in [0.29, 0.717) is 24.3 Å². The standard InChI is InChI=1S/C30H30N2O6/c1-30-23(27(35)32(29(30)37)18-6-4-3-5-7-18)16-22-20(12-13-21-24(22)28(36)31(2)26(21)34)25(30)17-8-10-19(11-9-17)38-15-14-33/h3-12,21-25,33H,13-16H2,1-2H3. The lowest BCUT2D eigenvalue weighted by atomic mass is 9.51.